The minimum absolute atomic E-state index is 0.0903. The van der Waals surface area contributed by atoms with Gasteiger partial charge in [-0.05, 0) is 31.2 Å². The van der Waals surface area contributed by atoms with Crippen LogP contribution < -0.4 is 5.32 Å². The maximum Gasteiger partial charge on any atom is 0.221 e. The molecule has 1 atom stereocenters. The van der Waals surface area contributed by atoms with Crippen LogP contribution in [0.5, 0.6) is 0 Å². The third kappa shape index (κ3) is 5.13. The Morgan fingerprint density at radius 1 is 1.25 bits per heavy atom. The Morgan fingerprint density at radius 3 is 2.75 bits per heavy atom. The summed E-state index contributed by atoms with van der Waals surface area (Å²) < 4.78 is 5.27. The van der Waals surface area contributed by atoms with E-state index in [4.69, 9.17) is 4.42 Å². The minimum Gasteiger partial charge on any atom is -0.469 e. The number of furan rings is 1. The van der Waals surface area contributed by atoms with Gasteiger partial charge in [0.25, 0.3) is 0 Å². The van der Waals surface area contributed by atoms with Gasteiger partial charge in [0, 0.05) is 29.5 Å². The molecule has 20 heavy (non-hydrogen) atoms. The molecule has 0 aliphatic carbocycles. The monoisotopic (exact) mass is 289 g/mol. The third-order valence-corrected chi connectivity index (χ3v) is 3.85. The summed E-state index contributed by atoms with van der Waals surface area (Å²) in [6, 6.07) is 14.0. The number of thioether (sulfide) groups is 1. The SMILES string of the molecule is C[C@H](Cc1ccco1)NC(=O)CCSc1ccccc1. The van der Waals surface area contributed by atoms with Crippen LogP contribution in [0.2, 0.25) is 0 Å². The molecular weight excluding hydrogens is 270 g/mol. The lowest BCUT2D eigenvalue weighted by Gasteiger charge is -2.12. The van der Waals surface area contributed by atoms with Crippen molar-refractivity contribution in [3.05, 3.63) is 54.5 Å². The van der Waals surface area contributed by atoms with Gasteiger partial charge in [-0.2, -0.15) is 0 Å². The van der Waals surface area contributed by atoms with Gasteiger partial charge in [-0.25, -0.2) is 0 Å². The summed E-state index contributed by atoms with van der Waals surface area (Å²) in [4.78, 5) is 13.0. The van der Waals surface area contributed by atoms with Crippen LogP contribution in [0.25, 0.3) is 0 Å². The van der Waals surface area contributed by atoms with Gasteiger partial charge in [-0.15, -0.1) is 11.8 Å². The minimum atomic E-state index is 0.0903. The van der Waals surface area contributed by atoms with Crippen LogP contribution in [0.1, 0.15) is 19.1 Å². The summed E-state index contributed by atoms with van der Waals surface area (Å²) in [6.45, 7) is 1.99. The molecular formula is C16H19NO2S. The van der Waals surface area contributed by atoms with Gasteiger partial charge in [0.2, 0.25) is 5.91 Å². The summed E-state index contributed by atoms with van der Waals surface area (Å²) in [6.07, 6.45) is 2.91. The van der Waals surface area contributed by atoms with Crippen LogP contribution in [0.4, 0.5) is 0 Å². The van der Waals surface area contributed by atoms with Gasteiger partial charge in [-0.3, -0.25) is 4.79 Å². The van der Waals surface area contributed by atoms with Crippen LogP contribution in [0.3, 0.4) is 0 Å². The summed E-state index contributed by atoms with van der Waals surface area (Å²) in [5.41, 5.74) is 0. The molecule has 0 bridgehead atoms. The number of amides is 1. The van der Waals surface area contributed by atoms with Crippen LogP contribution in [0, 0.1) is 0 Å². The largest absolute Gasteiger partial charge is 0.469 e. The highest BCUT2D eigenvalue weighted by Gasteiger charge is 2.09. The summed E-state index contributed by atoms with van der Waals surface area (Å²) in [5, 5.41) is 2.99. The molecule has 0 saturated carbocycles. The maximum atomic E-state index is 11.8. The number of rotatable bonds is 7. The zero-order chi connectivity index (χ0) is 14.2. The van der Waals surface area contributed by atoms with Crippen molar-refractivity contribution >= 4 is 17.7 Å². The lowest BCUT2D eigenvalue weighted by atomic mass is 10.2. The van der Waals surface area contributed by atoms with E-state index in [1.807, 2.05) is 37.3 Å². The topological polar surface area (TPSA) is 42.2 Å². The number of hydrogen-bond acceptors (Lipinski definition) is 3. The predicted octanol–water partition coefficient (Wildman–Crippen LogP) is 3.51. The fourth-order valence-corrected chi connectivity index (χ4v) is 2.78. The van der Waals surface area contributed by atoms with Crippen molar-refractivity contribution in [2.75, 3.05) is 5.75 Å². The van der Waals surface area contributed by atoms with Crippen LogP contribution in [-0.4, -0.2) is 17.7 Å². The molecule has 0 radical (unpaired) electrons. The molecule has 1 N–H and O–H groups in total. The molecule has 1 aromatic carbocycles. The summed E-state index contributed by atoms with van der Waals surface area (Å²) in [7, 11) is 0. The second-order valence-electron chi connectivity index (χ2n) is 4.66. The Hall–Kier alpha value is -1.68. The van der Waals surface area contributed by atoms with E-state index in [2.05, 4.69) is 17.4 Å². The molecule has 4 heteroatoms. The Morgan fingerprint density at radius 2 is 2.05 bits per heavy atom. The quantitative estimate of drug-likeness (QED) is 0.793. The molecule has 0 aliphatic heterocycles. The Kier molecular flexibility index (Phi) is 5.74. The zero-order valence-corrected chi connectivity index (χ0v) is 12.4. The number of benzene rings is 1. The van der Waals surface area contributed by atoms with Gasteiger partial charge >= 0.3 is 0 Å². The molecule has 0 unspecified atom stereocenters. The smallest absolute Gasteiger partial charge is 0.221 e. The van der Waals surface area contributed by atoms with Crippen LogP contribution in [-0.2, 0) is 11.2 Å². The molecule has 1 heterocycles. The lowest BCUT2D eigenvalue weighted by molar-refractivity contribution is -0.121. The van der Waals surface area contributed by atoms with Gasteiger partial charge in [-0.1, -0.05) is 18.2 Å². The standard InChI is InChI=1S/C16H19NO2S/c1-13(12-14-6-5-10-19-14)17-16(18)9-11-20-15-7-3-2-4-8-15/h2-8,10,13H,9,11-12H2,1H3,(H,17,18)/t13-/m1/s1. The zero-order valence-electron chi connectivity index (χ0n) is 11.5. The van der Waals surface area contributed by atoms with Crippen molar-refractivity contribution < 1.29 is 9.21 Å². The molecule has 106 valence electrons. The average molecular weight is 289 g/mol. The summed E-state index contributed by atoms with van der Waals surface area (Å²) in [5.74, 6) is 1.78. The van der Waals surface area contributed by atoms with E-state index in [-0.39, 0.29) is 11.9 Å². The maximum absolute atomic E-state index is 11.8. The molecule has 1 aromatic heterocycles. The predicted molar refractivity (Wildman–Crippen MR) is 81.8 cm³/mol. The highest BCUT2D eigenvalue weighted by atomic mass is 32.2. The normalized spacial score (nSPS) is 12.1. The van der Waals surface area contributed by atoms with Crippen molar-refractivity contribution in [1.82, 2.24) is 5.32 Å². The first-order valence-corrected chi connectivity index (χ1v) is 7.72. The molecule has 2 aromatic rings. The first-order chi connectivity index (χ1) is 9.74. The van der Waals surface area contributed by atoms with Gasteiger partial charge in [0.1, 0.15) is 5.76 Å². The van der Waals surface area contributed by atoms with Crippen LogP contribution >= 0.6 is 11.8 Å². The molecule has 0 aliphatic rings. The van der Waals surface area contributed by atoms with Crippen molar-refractivity contribution in [2.45, 2.75) is 30.7 Å². The van der Waals surface area contributed by atoms with Crippen molar-refractivity contribution in [1.29, 1.82) is 0 Å². The van der Waals surface area contributed by atoms with E-state index < -0.39 is 0 Å². The van der Waals surface area contributed by atoms with E-state index in [1.54, 1.807) is 18.0 Å². The Labute approximate surface area is 123 Å². The third-order valence-electron chi connectivity index (χ3n) is 2.84. The number of carbonyl (C=O) groups excluding carboxylic acids is 1. The van der Waals surface area contributed by atoms with Crippen molar-refractivity contribution in [3.63, 3.8) is 0 Å². The highest BCUT2D eigenvalue weighted by molar-refractivity contribution is 7.99. The second kappa shape index (κ2) is 7.80. The van der Waals surface area contributed by atoms with E-state index in [0.29, 0.717) is 6.42 Å². The molecule has 2 rings (SSSR count). The van der Waals surface area contributed by atoms with E-state index in [1.165, 1.54) is 4.90 Å². The second-order valence-corrected chi connectivity index (χ2v) is 5.83. The van der Waals surface area contributed by atoms with Crippen LogP contribution in [0.15, 0.2) is 58.0 Å². The fraction of sp³-hybridized carbons (Fsp3) is 0.312. The van der Waals surface area contributed by atoms with Crippen molar-refractivity contribution in [3.8, 4) is 0 Å². The van der Waals surface area contributed by atoms with E-state index in [9.17, 15) is 4.79 Å². The first kappa shape index (κ1) is 14.7. The Bertz CT molecular complexity index is 511. The van der Waals surface area contributed by atoms with Gasteiger partial charge < -0.3 is 9.73 Å². The number of nitrogens with one attached hydrogen (secondary N) is 1. The Balaban J connectivity index is 1.65. The van der Waals surface area contributed by atoms with E-state index >= 15 is 0 Å². The molecule has 0 saturated heterocycles. The van der Waals surface area contributed by atoms with Gasteiger partial charge in [0.15, 0.2) is 0 Å². The fourth-order valence-electron chi connectivity index (χ4n) is 1.91. The molecule has 0 fully saturated rings. The summed E-state index contributed by atoms with van der Waals surface area (Å²) >= 11 is 1.70. The first-order valence-electron chi connectivity index (χ1n) is 6.73. The molecule has 0 spiro atoms. The van der Waals surface area contributed by atoms with Crippen molar-refractivity contribution in [2.24, 2.45) is 0 Å². The molecule has 1 amide bonds. The lowest BCUT2D eigenvalue weighted by Crippen LogP contribution is -2.34. The highest BCUT2D eigenvalue weighted by Crippen LogP contribution is 2.17. The number of hydrogen-bond donors (Lipinski definition) is 1. The average Bonchev–Trinajstić information content (AvgIpc) is 2.92. The number of carbonyl (C=O) groups is 1. The van der Waals surface area contributed by atoms with Gasteiger partial charge in [0.05, 0.1) is 6.26 Å². The molecule has 3 nitrogen and oxygen atoms in total. The van der Waals surface area contributed by atoms with E-state index in [0.717, 1.165) is 17.9 Å².